The van der Waals surface area contributed by atoms with Crippen molar-refractivity contribution in [2.75, 3.05) is 7.11 Å². The lowest BCUT2D eigenvalue weighted by Gasteiger charge is -2.05. The van der Waals surface area contributed by atoms with Crippen molar-refractivity contribution < 1.29 is 9.53 Å². The van der Waals surface area contributed by atoms with Gasteiger partial charge in [-0.3, -0.25) is 4.79 Å². The number of hydrogen-bond acceptors (Lipinski definition) is 6. The van der Waals surface area contributed by atoms with Gasteiger partial charge in [-0.25, -0.2) is 9.67 Å². The smallest absolute Gasteiger partial charge is 0.212 e. The van der Waals surface area contributed by atoms with Crippen LogP contribution in [0.15, 0.2) is 46.7 Å². The Hall–Kier alpha value is -2.32. The SMILES string of the molecule is COc1cccc(-c2c(C)nn(-c3nc(-c4ccc(Cl)c(Cl)c4)c(SC(C)C)s3)c2C=O)c1. The molecule has 5 nitrogen and oxygen atoms in total. The Balaban J connectivity index is 1.88. The fourth-order valence-electron chi connectivity index (χ4n) is 3.44. The Kier molecular flexibility index (Phi) is 7.14. The quantitative estimate of drug-likeness (QED) is 0.186. The number of rotatable bonds is 7. The predicted molar refractivity (Wildman–Crippen MR) is 138 cm³/mol. The molecule has 0 amide bonds. The third kappa shape index (κ3) is 4.82. The van der Waals surface area contributed by atoms with Crippen LogP contribution in [-0.2, 0) is 0 Å². The summed E-state index contributed by atoms with van der Waals surface area (Å²) in [7, 11) is 1.62. The van der Waals surface area contributed by atoms with Crippen molar-refractivity contribution in [3.8, 4) is 33.3 Å². The van der Waals surface area contributed by atoms with Crippen LogP contribution in [0.5, 0.6) is 5.75 Å². The van der Waals surface area contributed by atoms with E-state index in [1.54, 1.807) is 29.6 Å². The normalized spacial score (nSPS) is 11.2. The van der Waals surface area contributed by atoms with Gasteiger partial charge in [-0.2, -0.15) is 5.10 Å². The van der Waals surface area contributed by atoms with Crippen molar-refractivity contribution in [1.29, 1.82) is 0 Å². The minimum absolute atomic E-state index is 0.345. The van der Waals surface area contributed by atoms with Crippen LogP contribution in [0.1, 0.15) is 30.0 Å². The van der Waals surface area contributed by atoms with Crippen molar-refractivity contribution in [2.45, 2.75) is 30.2 Å². The van der Waals surface area contributed by atoms with Gasteiger partial charge in [-0.05, 0) is 36.8 Å². The number of nitrogens with zero attached hydrogens (tertiary/aromatic N) is 3. The van der Waals surface area contributed by atoms with E-state index in [9.17, 15) is 4.79 Å². The summed E-state index contributed by atoms with van der Waals surface area (Å²) in [5.41, 5.74) is 4.44. The van der Waals surface area contributed by atoms with Gasteiger partial charge in [0.2, 0.25) is 5.13 Å². The number of hydrogen-bond donors (Lipinski definition) is 0. The number of aldehydes is 1. The van der Waals surface area contributed by atoms with Gasteiger partial charge in [0.15, 0.2) is 6.29 Å². The number of ether oxygens (including phenoxy) is 1. The lowest BCUT2D eigenvalue weighted by Crippen LogP contribution is -2.01. The Morgan fingerprint density at radius 1 is 1.12 bits per heavy atom. The highest BCUT2D eigenvalue weighted by atomic mass is 35.5. The van der Waals surface area contributed by atoms with Crippen LogP contribution in [0.2, 0.25) is 10.0 Å². The van der Waals surface area contributed by atoms with Crippen LogP contribution in [0.25, 0.3) is 27.5 Å². The van der Waals surface area contributed by atoms with Gasteiger partial charge in [0.05, 0.1) is 32.8 Å². The zero-order chi connectivity index (χ0) is 23.7. The maximum atomic E-state index is 12.2. The molecule has 9 heteroatoms. The van der Waals surface area contributed by atoms with Gasteiger partial charge >= 0.3 is 0 Å². The van der Waals surface area contributed by atoms with E-state index in [-0.39, 0.29) is 0 Å². The minimum atomic E-state index is 0.345. The van der Waals surface area contributed by atoms with Gasteiger partial charge in [0, 0.05) is 16.4 Å². The molecule has 0 radical (unpaired) electrons. The topological polar surface area (TPSA) is 57.0 Å². The third-order valence-corrected chi connectivity index (χ3v) is 7.85. The summed E-state index contributed by atoms with van der Waals surface area (Å²) in [4.78, 5) is 17.1. The number of aromatic nitrogens is 3. The summed E-state index contributed by atoms with van der Waals surface area (Å²) in [5.74, 6) is 0.711. The van der Waals surface area contributed by atoms with Gasteiger partial charge in [-0.15, -0.1) is 11.8 Å². The zero-order valence-electron chi connectivity index (χ0n) is 18.4. The number of halogens is 2. The molecule has 0 fully saturated rings. The van der Waals surface area contributed by atoms with Crippen LogP contribution >= 0.6 is 46.3 Å². The number of carbonyl (C=O) groups excluding carboxylic acids is 1. The van der Waals surface area contributed by atoms with Crippen LogP contribution < -0.4 is 4.74 Å². The average molecular weight is 518 g/mol. The van der Waals surface area contributed by atoms with E-state index >= 15 is 0 Å². The number of thioether (sulfide) groups is 1. The molecule has 0 unspecified atom stereocenters. The van der Waals surface area contributed by atoms with E-state index in [2.05, 4.69) is 18.9 Å². The standard InChI is InChI=1S/C24H21Cl2N3O2S2/c1-13(2)32-23-22(16-8-9-18(25)19(26)11-16)27-24(33-23)29-20(12-30)21(14(3)28-29)15-6-5-7-17(10-15)31-4/h5-13H,1-4H3. The molecule has 0 atom stereocenters. The molecule has 4 rings (SSSR count). The molecular weight excluding hydrogens is 497 g/mol. The predicted octanol–water partition coefficient (Wildman–Crippen LogP) is 7.60. The third-order valence-electron chi connectivity index (χ3n) is 4.87. The molecule has 2 aromatic carbocycles. The van der Waals surface area contributed by atoms with Crippen LogP contribution in [0.4, 0.5) is 0 Å². The van der Waals surface area contributed by atoms with Crippen molar-refractivity contribution in [3.63, 3.8) is 0 Å². The first-order chi connectivity index (χ1) is 15.8. The first-order valence-corrected chi connectivity index (χ1v) is 12.6. The molecule has 0 aliphatic rings. The number of methoxy groups -OCH3 is 1. The number of thiazole rings is 1. The van der Waals surface area contributed by atoms with E-state index in [0.29, 0.717) is 31.9 Å². The molecule has 2 heterocycles. The number of carbonyl (C=O) groups is 1. The van der Waals surface area contributed by atoms with E-state index in [4.69, 9.17) is 32.9 Å². The van der Waals surface area contributed by atoms with E-state index in [1.807, 2.05) is 43.3 Å². The van der Waals surface area contributed by atoms with Crippen molar-refractivity contribution in [2.24, 2.45) is 0 Å². The van der Waals surface area contributed by atoms with E-state index < -0.39 is 0 Å². The Morgan fingerprint density at radius 2 is 1.91 bits per heavy atom. The Labute approximate surface area is 210 Å². The molecule has 0 N–H and O–H groups in total. The second kappa shape index (κ2) is 9.89. The van der Waals surface area contributed by atoms with Gasteiger partial charge in [0.1, 0.15) is 11.4 Å². The van der Waals surface area contributed by atoms with Gasteiger partial charge in [0.25, 0.3) is 0 Å². The number of benzene rings is 2. The van der Waals surface area contributed by atoms with E-state index in [1.165, 1.54) is 11.3 Å². The van der Waals surface area contributed by atoms with Crippen molar-refractivity contribution in [3.05, 3.63) is 63.9 Å². The lowest BCUT2D eigenvalue weighted by atomic mass is 10.0. The molecule has 170 valence electrons. The summed E-state index contributed by atoms with van der Waals surface area (Å²) >= 11 is 15.6. The molecule has 0 spiro atoms. The summed E-state index contributed by atoms with van der Waals surface area (Å²) in [6.07, 6.45) is 0.824. The zero-order valence-corrected chi connectivity index (χ0v) is 21.6. The molecule has 0 saturated heterocycles. The van der Waals surface area contributed by atoms with Crippen molar-refractivity contribution in [1.82, 2.24) is 14.8 Å². The highest BCUT2D eigenvalue weighted by Gasteiger charge is 2.23. The molecular formula is C24H21Cl2N3O2S2. The Morgan fingerprint density at radius 3 is 2.58 bits per heavy atom. The monoisotopic (exact) mass is 517 g/mol. The van der Waals surface area contributed by atoms with Crippen LogP contribution in [-0.4, -0.2) is 33.4 Å². The summed E-state index contributed by atoms with van der Waals surface area (Å²) in [5, 5.41) is 6.59. The van der Waals surface area contributed by atoms with Gasteiger partial charge < -0.3 is 4.74 Å². The minimum Gasteiger partial charge on any atom is -0.497 e. The van der Waals surface area contributed by atoms with Gasteiger partial charge in [-0.1, -0.05) is 66.6 Å². The summed E-state index contributed by atoms with van der Waals surface area (Å²) in [6.45, 7) is 6.13. The lowest BCUT2D eigenvalue weighted by molar-refractivity contribution is 0.111. The van der Waals surface area contributed by atoms with Crippen LogP contribution in [0, 0.1) is 6.92 Å². The second-order valence-electron chi connectivity index (χ2n) is 7.54. The molecule has 0 saturated carbocycles. The largest absolute Gasteiger partial charge is 0.497 e. The van der Waals surface area contributed by atoms with Crippen LogP contribution in [0.3, 0.4) is 0 Å². The summed E-state index contributed by atoms with van der Waals surface area (Å²) < 4.78 is 7.99. The highest BCUT2D eigenvalue weighted by molar-refractivity contribution is 8.01. The maximum Gasteiger partial charge on any atom is 0.212 e. The van der Waals surface area contributed by atoms with E-state index in [0.717, 1.165) is 38.6 Å². The average Bonchev–Trinajstić information content (AvgIpc) is 3.35. The Bertz CT molecular complexity index is 1330. The first-order valence-electron chi connectivity index (χ1n) is 10.1. The molecule has 33 heavy (non-hydrogen) atoms. The van der Waals surface area contributed by atoms with Crippen molar-refractivity contribution >= 4 is 52.6 Å². The molecule has 0 aliphatic carbocycles. The molecule has 4 aromatic rings. The first kappa shape index (κ1) is 23.8. The second-order valence-corrected chi connectivity index (χ2v) is 11.2. The molecule has 2 aromatic heterocycles. The maximum absolute atomic E-state index is 12.2. The number of aryl methyl sites for hydroxylation is 1. The highest BCUT2D eigenvalue weighted by Crippen LogP contribution is 2.41. The summed E-state index contributed by atoms with van der Waals surface area (Å²) in [6, 6.07) is 13.1. The molecule has 0 aliphatic heterocycles. The fourth-order valence-corrected chi connectivity index (χ4v) is 6.22. The molecule has 0 bridgehead atoms. The fraction of sp³-hybridized carbons (Fsp3) is 0.208.